The second kappa shape index (κ2) is 11.8. The smallest absolute Gasteiger partial charge is 0.416 e. The molecule has 0 aliphatic carbocycles. The number of ether oxygens (including phenoxy) is 3. The summed E-state index contributed by atoms with van der Waals surface area (Å²) in [6, 6.07) is 23.1. The Morgan fingerprint density at radius 3 is 2.22 bits per heavy atom. The number of hydrogen-bond acceptors (Lipinski definition) is 7. The summed E-state index contributed by atoms with van der Waals surface area (Å²) in [7, 11) is 1.53. The highest BCUT2D eigenvalue weighted by Crippen LogP contribution is 2.23. The van der Waals surface area contributed by atoms with Gasteiger partial charge in [0, 0.05) is 12.1 Å². The number of aliphatic carboxylic acids is 1. The first-order chi connectivity index (χ1) is 17.9. The molecule has 1 N–H and O–H groups in total. The molecule has 3 aromatic carbocycles. The van der Waals surface area contributed by atoms with E-state index in [1.807, 2.05) is 37.3 Å². The Kier molecular flexibility index (Phi) is 8.05. The summed E-state index contributed by atoms with van der Waals surface area (Å²) in [5, 5.41) is 9.26. The standard InChI is InChI=1S/C28H26N2O7/c1-19-25(29-27(36-19)21-6-4-3-5-7-21)18-35-23-10-8-20(9-11-23)16-30(17-26(31)32)28(33)37-24-14-12-22(34-2)13-15-24/h3-15H,16-18H2,1-2H3,(H,31,32). The van der Waals surface area contributed by atoms with Crippen LogP contribution in [-0.2, 0) is 17.9 Å². The van der Waals surface area contributed by atoms with Crippen LogP contribution in [0.2, 0.25) is 0 Å². The van der Waals surface area contributed by atoms with Crippen LogP contribution in [0.3, 0.4) is 0 Å². The van der Waals surface area contributed by atoms with Crippen LogP contribution in [0.15, 0.2) is 83.3 Å². The minimum Gasteiger partial charge on any atom is -0.497 e. The molecular weight excluding hydrogens is 476 g/mol. The molecule has 0 radical (unpaired) electrons. The molecule has 0 unspecified atom stereocenters. The van der Waals surface area contributed by atoms with Crippen LogP contribution >= 0.6 is 0 Å². The van der Waals surface area contributed by atoms with Gasteiger partial charge in [-0.2, -0.15) is 0 Å². The Morgan fingerprint density at radius 2 is 1.57 bits per heavy atom. The summed E-state index contributed by atoms with van der Waals surface area (Å²) in [4.78, 5) is 29.6. The SMILES string of the molecule is COc1ccc(OC(=O)N(CC(=O)O)Cc2ccc(OCc3nc(-c4ccccc4)oc3C)cc2)cc1. The van der Waals surface area contributed by atoms with Crippen molar-refractivity contribution in [1.29, 1.82) is 0 Å². The lowest BCUT2D eigenvalue weighted by atomic mass is 10.2. The molecule has 4 aromatic rings. The summed E-state index contributed by atoms with van der Waals surface area (Å²) in [6.07, 6.45) is -0.774. The normalized spacial score (nSPS) is 10.5. The Bertz CT molecular complexity index is 1330. The van der Waals surface area contributed by atoms with E-state index < -0.39 is 18.6 Å². The van der Waals surface area contributed by atoms with Crippen molar-refractivity contribution in [2.24, 2.45) is 0 Å². The van der Waals surface area contributed by atoms with Gasteiger partial charge in [0.2, 0.25) is 5.89 Å². The van der Waals surface area contributed by atoms with E-state index in [9.17, 15) is 14.7 Å². The molecule has 0 atom stereocenters. The molecule has 9 nitrogen and oxygen atoms in total. The van der Waals surface area contributed by atoms with Crippen molar-refractivity contribution in [1.82, 2.24) is 9.88 Å². The topological polar surface area (TPSA) is 111 Å². The summed E-state index contributed by atoms with van der Waals surface area (Å²) in [5.74, 6) is 1.55. The van der Waals surface area contributed by atoms with Crippen molar-refractivity contribution in [3.05, 3.63) is 95.9 Å². The maximum Gasteiger partial charge on any atom is 0.416 e. The Morgan fingerprint density at radius 1 is 0.919 bits per heavy atom. The van der Waals surface area contributed by atoms with Crippen LogP contribution in [0.4, 0.5) is 4.79 Å². The second-order valence-corrected chi connectivity index (χ2v) is 8.11. The third kappa shape index (κ3) is 6.88. The summed E-state index contributed by atoms with van der Waals surface area (Å²) in [6.45, 7) is 1.59. The van der Waals surface area contributed by atoms with E-state index in [1.165, 1.54) is 7.11 Å². The van der Waals surface area contributed by atoms with E-state index >= 15 is 0 Å². The predicted molar refractivity (Wildman–Crippen MR) is 135 cm³/mol. The van der Waals surface area contributed by atoms with Gasteiger partial charge in [0.05, 0.1) is 7.11 Å². The summed E-state index contributed by atoms with van der Waals surface area (Å²) in [5.41, 5.74) is 2.29. The molecule has 1 amide bonds. The number of aryl methyl sites for hydroxylation is 1. The van der Waals surface area contributed by atoms with E-state index in [0.29, 0.717) is 34.4 Å². The fourth-order valence-corrected chi connectivity index (χ4v) is 3.49. The molecule has 1 heterocycles. The van der Waals surface area contributed by atoms with Crippen molar-refractivity contribution < 1.29 is 33.3 Å². The highest BCUT2D eigenvalue weighted by atomic mass is 16.6. The molecule has 0 saturated heterocycles. The van der Waals surface area contributed by atoms with Crippen LogP contribution in [-0.4, -0.2) is 40.7 Å². The van der Waals surface area contributed by atoms with E-state index in [2.05, 4.69) is 4.98 Å². The van der Waals surface area contributed by atoms with Gasteiger partial charge in [0.25, 0.3) is 0 Å². The molecule has 0 spiro atoms. The van der Waals surface area contributed by atoms with Gasteiger partial charge in [-0.3, -0.25) is 9.69 Å². The molecule has 1 aromatic heterocycles. The molecule has 9 heteroatoms. The number of carbonyl (C=O) groups excluding carboxylic acids is 1. The number of benzene rings is 3. The molecule has 37 heavy (non-hydrogen) atoms. The molecule has 0 bridgehead atoms. The molecule has 0 fully saturated rings. The van der Waals surface area contributed by atoms with Gasteiger partial charge in [-0.05, 0) is 61.0 Å². The third-order valence-corrected chi connectivity index (χ3v) is 5.43. The monoisotopic (exact) mass is 502 g/mol. The van der Waals surface area contributed by atoms with Gasteiger partial charge in [-0.25, -0.2) is 9.78 Å². The van der Waals surface area contributed by atoms with Crippen molar-refractivity contribution >= 4 is 12.1 Å². The van der Waals surface area contributed by atoms with E-state index in [-0.39, 0.29) is 18.9 Å². The Balaban J connectivity index is 1.37. The van der Waals surface area contributed by atoms with Gasteiger partial charge in [0.15, 0.2) is 0 Å². The zero-order valence-electron chi connectivity index (χ0n) is 20.4. The van der Waals surface area contributed by atoms with Crippen LogP contribution in [0.5, 0.6) is 17.2 Å². The second-order valence-electron chi connectivity index (χ2n) is 8.11. The van der Waals surface area contributed by atoms with Crippen LogP contribution in [0, 0.1) is 6.92 Å². The highest BCUT2D eigenvalue weighted by molar-refractivity contribution is 5.78. The van der Waals surface area contributed by atoms with Crippen molar-refractivity contribution in [2.45, 2.75) is 20.1 Å². The lowest BCUT2D eigenvalue weighted by molar-refractivity contribution is -0.138. The first kappa shape index (κ1) is 25.3. The van der Waals surface area contributed by atoms with Crippen LogP contribution in [0.25, 0.3) is 11.5 Å². The number of aromatic nitrogens is 1. The maximum absolute atomic E-state index is 12.6. The number of carbonyl (C=O) groups is 2. The zero-order chi connectivity index (χ0) is 26.2. The maximum atomic E-state index is 12.6. The van der Waals surface area contributed by atoms with Crippen LogP contribution in [0.1, 0.15) is 17.0 Å². The predicted octanol–water partition coefficient (Wildman–Crippen LogP) is 5.32. The number of nitrogens with zero attached hydrogens (tertiary/aromatic N) is 2. The van der Waals surface area contributed by atoms with Crippen molar-refractivity contribution in [2.75, 3.05) is 13.7 Å². The minimum absolute atomic E-state index is 0.0460. The Hall–Kier alpha value is -4.79. The molecule has 0 aliphatic heterocycles. The van der Waals surface area contributed by atoms with Gasteiger partial charge < -0.3 is 23.7 Å². The van der Waals surface area contributed by atoms with Crippen LogP contribution < -0.4 is 14.2 Å². The number of oxazole rings is 1. The van der Waals surface area contributed by atoms with E-state index in [4.69, 9.17) is 18.6 Å². The molecule has 0 aliphatic rings. The molecule has 4 rings (SSSR count). The average molecular weight is 503 g/mol. The molecule has 0 saturated carbocycles. The minimum atomic E-state index is -1.15. The molecular formula is C28H26N2O7. The Labute approximate surface area is 213 Å². The van der Waals surface area contributed by atoms with Gasteiger partial charge in [0.1, 0.15) is 41.9 Å². The number of methoxy groups -OCH3 is 1. The van der Waals surface area contributed by atoms with Crippen molar-refractivity contribution in [3.8, 4) is 28.7 Å². The number of amides is 1. The van der Waals surface area contributed by atoms with Gasteiger partial charge in [-0.15, -0.1) is 0 Å². The fourth-order valence-electron chi connectivity index (χ4n) is 3.49. The summed E-state index contributed by atoms with van der Waals surface area (Å²) >= 11 is 0. The third-order valence-electron chi connectivity index (χ3n) is 5.43. The number of carboxylic acids is 1. The average Bonchev–Trinajstić information content (AvgIpc) is 3.29. The van der Waals surface area contributed by atoms with Crippen molar-refractivity contribution in [3.63, 3.8) is 0 Å². The quantitative estimate of drug-likeness (QED) is 0.310. The van der Waals surface area contributed by atoms with Gasteiger partial charge >= 0.3 is 12.1 Å². The summed E-state index contributed by atoms with van der Waals surface area (Å²) < 4.78 is 22.0. The zero-order valence-corrected chi connectivity index (χ0v) is 20.4. The number of rotatable bonds is 10. The first-order valence-electron chi connectivity index (χ1n) is 11.5. The first-order valence-corrected chi connectivity index (χ1v) is 11.5. The van der Waals surface area contributed by atoms with E-state index in [1.54, 1.807) is 48.5 Å². The largest absolute Gasteiger partial charge is 0.497 e. The fraction of sp³-hybridized carbons (Fsp3) is 0.179. The lowest BCUT2D eigenvalue weighted by Crippen LogP contribution is -2.37. The molecule has 190 valence electrons. The van der Waals surface area contributed by atoms with E-state index in [0.717, 1.165) is 10.5 Å². The highest BCUT2D eigenvalue weighted by Gasteiger charge is 2.20. The number of carboxylic acid groups (broad SMARTS) is 1. The lowest BCUT2D eigenvalue weighted by Gasteiger charge is -2.20. The number of hydrogen-bond donors (Lipinski definition) is 1. The van der Waals surface area contributed by atoms with Gasteiger partial charge in [-0.1, -0.05) is 30.3 Å².